The summed E-state index contributed by atoms with van der Waals surface area (Å²) in [5.74, 6) is 0.433. The molecule has 84 valence electrons. The molecule has 0 amide bonds. The molecule has 0 aromatic heterocycles. The Labute approximate surface area is 96.9 Å². The zero-order chi connectivity index (χ0) is 11.5. The number of thioether (sulfide) groups is 1. The Balaban J connectivity index is 2.85. The van der Waals surface area contributed by atoms with Crippen molar-refractivity contribution in [2.75, 3.05) is 0 Å². The van der Waals surface area contributed by atoms with E-state index in [4.69, 9.17) is 0 Å². The number of aliphatic hydroxyl groups is 1. The second-order valence-corrected chi connectivity index (χ2v) is 5.98. The Kier molecular flexibility index (Phi) is 4.23. The van der Waals surface area contributed by atoms with Crippen molar-refractivity contribution in [3.8, 4) is 0 Å². The Hall–Kier alpha value is -0.470. The topological polar surface area (TPSA) is 20.2 Å². The Morgan fingerprint density at radius 3 is 2.07 bits per heavy atom. The zero-order valence-electron chi connectivity index (χ0n) is 9.90. The lowest BCUT2D eigenvalue weighted by Crippen LogP contribution is -2.39. The number of benzene rings is 1. The Bertz CT molecular complexity index is 285. The molecule has 2 atom stereocenters. The summed E-state index contributed by atoms with van der Waals surface area (Å²) in [6, 6.07) is 10.3. The van der Waals surface area contributed by atoms with E-state index in [1.807, 2.05) is 25.1 Å². The fraction of sp³-hybridized carbons (Fsp3) is 0.538. The molecule has 1 aromatic rings. The molecule has 1 aromatic carbocycles. The quantitative estimate of drug-likeness (QED) is 0.789. The maximum absolute atomic E-state index is 9.88. The molecule has 0 spiro atoms. The SMILES string of the molecule is CC(C)C(C)(Sc1ccccc1)C(C)O. The molecule has 0 saturated heterocycles. The van der Waals surface area contributed by atoms with Crippen LogP contribution in [-0.2, 0) is 0 Å². The molecule has 1 rings (SSSR count). The maximum Gasteiger partial charge on any atom is 0.0662 e. The lowest BCUT2D eigenvalue weighted by molar-refractivity contribution is 0.131. The van der Waals surface area contributed by atoms with Gasteiger partial charge in [0.05, 0.1) is 6.10 Å². The molecule has 1 N–H and O–H groups in total. The van der Waals surface area contributed by atoms with Crippen LogP contribution in [-0.4, -0.2) is 16.0 Å². The normalized spacial score (nSPS) is 17.5. The molecule has 0 bridgehead atoms. The van der Waals surface area contributed by atoms with E-state index >= 15 is 0 Å². The summed E-state index contributed by atoms with van der Waals surface area (Å²) in [4.78, 5) is 1.22. The van der Waals surface area contributed by atoms with Gasteiger partial charge in [-0.1, -0.05) is 32.0 Å². The molecule has 2 heteroatoms. The van der Waals surface area contributed by atoms with Gasteiger partial charge in [0.2, 0.25) is 0 Å². The van der Waals surface area contributed by atoms with Gasteiger partial charge in [0.1, 0.15) is 0 Å². The third-order valence-corrected chi connectivity index (χ3v) is 4.82. The highest BCUT2D eigenvalue weighted by molar-refractivity contribution is 8.00. The van der Waals surface area contributed by atoms with Gasteiger partial charge in [0, 0.05) is 9.64 Å². The lowest BCUT2D eigenvalue weighted by Gasteiger charge is -2.36. The fourth-order valence-corrected chi connectivity index (χ4v) is 2.64. The van der Waals surface area contributed by atoms with Gasteiger partial charge < -0.3 is 5.11 Å². The number of hydrogen-bond acceptors (Lipinski definition) is 2. The van der Waals surface area contributed by atoms with Crippen LogP contribution in [0, 0.1) is 5.92 Å². The van der Waals surface area contributed by atoms with Gasteiger partial charge >= 0.3 is 0 Å². The van der Waals surface area contributed by atoms with E-state index < -0.39 is 0 Å². The minimum atomic E-state index is -0.317. The first-order valence-electron chi connectivity index (χ1n) is 5.39. The second-order valence-electron chi connectivity index (χ2n) is 4.43. The van der Waals surface area contributed by atoms with Crippen molar-refractivity contribution >= 4 is 11.8 Å². The molecule has 2 unspecified atom stereocenters. The van der Waals surface area contributed by atoms with Crippen molar-refractivity contribution in [3.05, 3.63) is 30.3 Å². The summed E-state index contributed by atoms with van der Waals surface area (Å²) < 4.78 is -0.124. The summed E-state index contributed by atoms with van der Waals surface area (Å²) >= 11 is 1.76. The average molecular weight is 224 g/mol. The highest BCUT2D eigenvalue weighted by Crippen LogP contribution is 2.40. The molecule has 0 fully saturated rings. The van der Waals surface area contributed by atoms with Crippen LogP contribution >= 0.6 is 11.8 Å². The molecular weight excluding hydrogens is 204 g/mol. The zero-order valence-corrected chi connectivity index (χ0v) is 10.7. The van der Waals surface area contributed by atoms with Crippen molar-refractivity contribution in [1.82, 2.24) is 0 Å². The van der Waals surface area contributed by atoms with Gasteiger partial charge in [-0.05, 0) is 31.9 Å². The summed E-state index contributed by atoms with van der Waals surface area (Å²) in [5.41, 5.74) is 0. The van der Waals surface area contributed by atoms with E-state index in [0.29, 0.717) is 5.92 Å². The van der Waals surface area contributed by atoms with Gasteiger partial charge in [-0.2, -0.15) is 0 Å². The summed E-state index contributed by atoms with van der Waals surface area (Å²) in [6.45, 7) is 8.31. The van der Waals surface area contributed by atoms with Crippen LogP contribution in [0.2, 0.25) is 0 Å². The van der Waals surface area contributed by atoms with Crippen molar-refractivity contribution in [2.24, 2.45) is 5.92 Å². The summed E-state index contributed by atoms with van der Waals surface area (Å²) in [7, 11) is 0. The van der Waals surface area contributed by atoms with Gasteiger partial charge in [0.15, 0.2) is 0 Å². The van der Waals surface area contributed by atoms with Crippen LogP contribution < -0.4 is 0 Å². The monoisotopic (exact) mass is 224 g/mol. The van der Waals surface area contributed by atoms with Gasteiger partial charge in [-0.25, -0.2) is 0 Å². The standard InChI is InChI=1S/C13H20OS/c1-10(2)13(4,11(3)14)15-12-8-6-5-7-9-12/h5-11,14H,1-4H3. The van der Waals surface area contributed by atoms with Gasteiger partial charge in [-0.3, -0.25) is 0 Å². The lowest BCUT2D eigenvalue weighted by atomic mass is 9.92. The highest BCUT2D eigenvalue weighted by Gasteiger charge is 2.34. The number of hydrogen-bond donors (Lipinski definition) is 1. The Morgan fingerprint density at radius 2 is 1.67 bits per heavy atom. The Morgan fingerprint density at radius 1 is 1.13 bits per heavy atom. The molecule has 15 heavy (non-hydrogen) atoms. The minimum Gasteiger partial charge on any atom is -0.392 e. The van der Waals surface area contributed by atoms with E-state index in [-0.39, 0.29) is 10.9 Å². The van der Waals surface area contributed by atoms with Gasteiger partial charge in [0.25, 0.3) is 0 Å². The van der Waals surface area contributed by atoms with Crippen LogP contribution in [0.4, 0.5) is 0 Å². The van der Waals surface area contributed by atoms with E-state index in [1.165, 1.54) is 4.90 Å². The van der Waals surface area contributed by atoms with Crippen LogP contribution in [0.3, 0.4) is 0 Å². The van der Waals surface area contributed by atoms with E-state index in [9.17, 15) is 5.11 Å². The van der Waals surface area contributed by atoms with Crippen molar-refractivity contribution < 1.29 is 5.11 Å². The summed E-state index contributed by atoms with van der Waals surface area (Å²) in [5, 5.41) is 9.88. The predicted octanol–water partition coefficient (Wildman–Crippen LogP) is 3.57. The molecule has 1 nitrogen and oxygen atoms in total. The highest BCUT2D eigenvalue weighted by atomic mass is 32.2. The van der Waals surface area contributed by atoms with Crippen molar-refractivity contribution in [3.63, 3.8) is 0 Å². The molecule has 0 aliphatic rings. The van der Waals surface area contributed by atoms with E-state index in [2.05, 4.69) is 32.9 Å². The van der Waals surface area contributed by atoms with Crippen molar-refractivity contribution in [1.29, 1.82) is 0 Å². The molecule has 0 saturated carbocycles. The van der Waals surface area contributed by atoms with Crippen molar-refractivity contribution in [2.45, 2.75) is 43.4 Å². The molecule has 0 aliphatic heterocycles. The molecular formula is C13H20OS. The maximum atomic E-state index is 9.88. The fourth-order valence-electron chi connectivity index (χ4n) is 1.43. The average Bonchev–Trinajstić information content (AvgIpc) is 2.18. The third kappa shape index (κ3) is 2.99. The van der Waals surface area contributed by atoms with E-state index in [1.54, 1.807) is 11.8 Å². The smallest absolute Gasteiger partial charge is 0.0662 e. The first kappa shape index (κ1) is 12.6. The summed E-state index contributed by atoms with van der Waals surface area (Å²) in [6.07, 6.45) is -0.317. The van der Waals surface area contributed by atoms with Crippen LogP contribution in [0.15, 0.2) is 35.2 Å². The molecule has 0 aliphatic carbocycles. The van der Waals surface area contributed by atoms with E-state index in [0.717, 1.165) is 0 Å². The number of aliphatic hydroxyl groups excluding tert-OH is 1. The predicted molar refractivity (Wildman–Crippen MR) is 67.2 cm³/mol. The molecule has 0 radical (unpaired) electrons. The second kappa shape index (κ2) is 5.04. The first-order valence-corrected chi connectivity index (χ1v) is 6.20. The largest absolute Gasteiger partial charge is 0.392 e. The molecule has 0 heterocycles. The van der Waals surface area contributed by atoms with Crippen LogP contribution in [0.1, 0.15) is 27.7 Å². The first-order chi connectivity index (χ1) is 6.97. The minimum absolute atomic E-state index is 0.124. The number of rotatable bonds is 4. The third-order valence-electron chi connectivity index (χ3n) is 3.06. The van der Waals surface area contributed by atoms with Gasteiger partial charge in [-0.15, -0.1) is 11.8 Å². The van der Waals surface area contributed by atoms with Crippen LogP contribution in [0.25, 0.3) is 0 Å². The van der Waals surface area contributed by atoms with Crippen LogP contribution in [0.5, 0.6) is 0 Å².